The average molecular weight is 216 g/mol. The Morgan fingerprint density at radius 1 is 1.33 bits per heavy atom. The summed E-state index contributed by atoms with van der Waals surface area (Å²) in [6.07, 6.45) is 2.61. The lowest BCUT2D eigenvalue weighted by Gasteiger charge is -2.26. The molecular formula is C10H20N2O3. The number of nitrogens with one attached hydrogen (secondary N) is 1. The molecular weight excluding hydrogens is 196 g/mol. The van der Waals surface area contributed by atoms with Crippen LogP contribution in [0, 0.1) is 0 Å². The van der Waals surface area contributed by atoms with Gasteiger partial charge >= 0.3 is 0 Å². The smallest absolute Gasteiger partial charge is 0.236 e. The highest BCUT2D eigenvalue weighted by Crippen LogP contribution is 2.07. The number of likely N-dealkylation sites (tertiary alicyclic amines) is 1. The summed E-state index contributed by atoms with van der Waals surface area (Å²) in [5.74, 6) is 0.0832. The monoisotopic (exact) mass is 216 g/mol. The fourth-order valence-corrected chi connectivity index (χ4v) is 1.67. The zero-order valence-corrected chi connectivity index (χ0v) is 8.98. The van der Waals surface area contributed by atoms with E-state index >= 15 is 0 Å². The molecule has 3 N–H and O–H groups in total. The number of piperidine rings is 1. The molecule has 0 radical (unpaired) electrons. The van der Waals surface area contributed by atoms with Crippen molar-refractivity contribution in [3.05, 3.63) is 0 Å². The summed E-state index contributed by atoms with van der Waals surface area (Å²) in [4.78, 5) is 13.4. The number of hydrogen-bond donors (Lipinski definition) is 3. The Kier molecular flexibility index (Phi) is 5.60. The van der Waals surface area contributed by atoms with Gasteiger partial charge in [0.2, 0.25) is 5.91 Å². The highest BCUT2D eigenvalue weighted by Gasteiger charge is 2.15. The van der Waals surface area contributed by atoms with Crippen LogP contribution in [0.5, 0.6) is 0 Å². The van der Waals surface area contributed by atoms with Gasteiger partial charge in [-0.1, -0.05) is 0 Å². The molecule has 15 heavy (non-hydrogen) atoms. The predicted molar refractivity (Wildman–Crippen MR) is 56.4 cm³/mol. The van der Waals surface area contributed by atoms with Crippen molar-refractivity contribution in [3.8, 4) is 0 Å². The van der Waals surface area contributed by atoms with Crippen LogP contribution in [0.1, 0.15) is 19.3 Å². The number of carbonyl (C=O) groups is 1. The predicted octanol–water partition coefficient (Wildman–Crippen LogP) is -1.06. The molecule has 0 saturated carbocycles. The number of amides is 1. The minimum atomic E-state index is -0.779. The van der Waals surface area contributed by atoms with Gasteiger partial charge in [0.25, 0.3) is 0 Å². The lowest BCUT2D eigenvalue weighted by Crippen LogP contribution is -2.42. The molecule has 1 saturated heterocycles. The number of nitrogens with zero attached hydrogens (tertiary/aromatic N) is 1. The van der Waals surface area contributed by atoms with Gasteiger partial charge in [-0.05, 0) is 19.3 Å². The van der Waals surface area contributed by atoms with E-state index in [-0.39, 0.29) is 25.6 Å². The van der Waals surface area contributed by atoms with Crippen molar-refractivity contribution in [1.29, 1.82) is 0 Å². The van der Waals surface area contributed by atoms with Crippen molar-refractivity contribution in [3.63, 3.8) is 0 Å². The molecule has 0 aromatic rings. The summed E-state index contributed by atoms with van der Waals surface area (Å²) in [5.41, 5.74) is 0. The largest absolute Gasteiger partial charge is 0.394 e. The molecule has 0 aliphatic carbocycles. The summed E-state index contributed by atoms with van der Waals surface area (Å²) >= 11 is 0. The molecule has 0 spiro atoms. The topological polar surface area (TPSA) is 72.8 Å². The average Bonchev–Trinajstić information content (AvgIpc) is 2.29. The summed E-state index contributed by atoms with van der Waals surface area (Å²) < 4.78 is 0. The van der Waals surface area contributed by atoms with Crippen molar-refractivity contribution < 1.29 is 15.0 Å². The maximum atomic E-state index is 11.6. The lowest BCUT2D eigenvalue weighted by atomic mass is 10.1. The van der Waals surface area contributed by atoms with E-state index in [2.05, 4.69) is 5.32 Å². The van der Waals surface area contributed by atoms with E-state index in [1.165, 1.54) is 6.42 Å². The maximum Gasteiger partial charge on any atom is 0.236 e. The zero-order valence-electron chi connectivity index (χ0n) is 8.98. The van der Waals surface area contributed by atoms with Gasteiger partial charge < -0.3 is 20.4 Å². The summed E-state index contributed by atoms with van der Waals surface area (Å²) in [5, 5.41) is 20.4. The SMILES string of the molecule is O=C(CNCC(O)CO)N1CCCCC1. The minimum absolute atomic E-state index is 0.0832. The van der Waals surface area contributed by atoms with Crippen LogP contribution in [0.4, 0.5) is 0 Å². The van der Waals surface area contributed by atoms with Crippen molar-refractivity contribution in [1.82, 2.24) is 10.2 Å². The molecule has 1 fully saturated rings. The molecule has 1 aliphatic rings. The van der Waals surface area contributed by atoms with E-state index in [0.717, 1.165) is 25.9 Å². The fourth-order valence-electron chi connectivity index (χ4n) is 1.67. The van der Waals surface area contributed by atoms with Gasteiger partial charge in [-0.3, -0.25) is 4.79 Å². The number of hydrogen-bond acceptors (Lipinski definition) is 4. The number of aliphatic hydroxyl groups excluding tert-OH is 2. The van der Waals surface area contributed by atoms with Gasteiger partial charge in [0.1, 0.15) is 0 Å². The molecule has 1 unspecified atom stereocenters. The molecule has 0 aromatic heterocycles. The molecule has 88 valence electrons. The van der Waals surface area contributed by atoms with Gasteiger partial charge in [-0.2, -0.15) is 0 Å². The molecule has 5 nitrogen and oxygen atoms in total. The molecule has 0 aromatic carbocycles. The van der Waals surface area contributed by atoms with E-state index in [1.807, 2.05) is 4.90 Å². The van der Waals surface area contributed by atoms with Crippen molar-refractivity contribution in [2.45, 2.75) is 25.4 Å². The second-order valence-electron chi connectivity index (χ2n) is 3.91. The highest BCUT2D eigenvalue weighted by atomic mass is 16.3. The Morgan fingerprint density at radius 3 is 2.60 bits per heavy atom. The molecule has 1 aliphatic heterocycles. The molecule has 0 bridgehead atoms. The Balaban J connectivity index is 2.12. The quantitative estimate of drug-likeness (QED) is 0.548. The van der Waals surface area contributed by atoms with Crippen LogP contribution >= 0.6 is 0 Å². The Morgan fingerprint density at radius 2 is 2.00 bits per heavy atom. The third-order valence-corrected chi connectivity index (χ3v) is 2.58. The van der Waals surface area contributed by atoms with Crippen LogP contribution in [0.15, 0.2) is 0 Å². The van der Waals surface area contributed by atoms with E-state index in [4.69, 9.17) is 10.2 Å². The van der Waals surface area contributed by atoms with Crippen LogP contribution in [0.25, 0.3) is 0 Å². The Labute approximate surface area is 90.1 Å². The van der Waals surface area contributed by atoms with Crippen LogP contribution in [-0.4, -0.2) is 59.9 Å². The Bertz CT molecular complexity index is 193. The fraction of sp³-hybridized carbons (Fsp3) is 0.900. The second kappa shape index (κ2) is 6.76. The highest BCUT2D eigenvalue weighted by molar-refractivity contribution is 5.78. The minimum Gasteiger partial charge on any atom is -0.394 e. The van der Waals surface area contributed by atoms with Crippen LogP contribution in [0.2, 0.25) is 0 Å². The summed E-state index contributed by atoms with van der Waals surface area (Å²) in [7, 11) is 0. The molecule has 1 heterocycles. The van der Waals surface area contributed by atoms with E-state index in [9.17, 15) is 4.79 Å². The Hall–Kier alpha value is -0.650. The second-order valence-corrected chi connectivity index (χ2v) is 3.91. The first kappa shape index (κ1) is 12.4. The van der Waals surface area contributed by atoms with Gasteiger partial charge in [0.05, 0.1) is 19.3 Å². The number of carbonyl (C=O) groups excluding carboxylic acids is 1. The third kappa shape index (κ3) is 4.59. The first-order valence-electron chi connectivity index (χ1n) is 5.51. The van der Waals surface area contributed by atoms with Gasteiger partial charge in [-0.25, -0.2) is 0 Å². The number of aliphatic hydroxyl groups is 2. The van der Waals surface area contributed by atoms with Crippen LogP contribution < -0.4 is 5.32 Å². The van der Waals surface area contributed by atoms with Crippen molar-refractivity contribution >= 4 is 5.91 Å². The summed E-state index contributed by atoms with van der Waals surface area (Å²) in [6, 6.07) is 0. The standard InChI is InChI=1S/C10H20N2O3/c13-8-9(14)6-11-7-10(15)12-4-2-1-3-5-12/h9,11,13-14H,1-8H2. The van der Waals surface area contributed by atoms with Crippen LogP contribution in [0.3, 0.4) is 0 Å². The molecule has 1 rings (SSSR count). The van der Waals surface area contributed by atoms with Gasteiger partial charge in [0, 0.05) is 19.6 Å². The third-order valence-electron chi connectivity index (χ3n) is 2.58. The number of rotatable bonds is 5. The summed E-state index contributed by atoms with van der Waals surface area (Å²) in [6.45, 7) is 1.93. The van der Waals surface area contributed by atoms with Crippen LogP contribution in [-0.2, 0) is 4.79 Å². The normalized spacial score (nSPS) is 18.9. The molecule has 5 heteroatoms. The zero-order chi connectivity index (χ0) is 11.1. The maximum absolute atomic E-state index is 11.6. The van der Waals surface area contributed by atoms with Crippen molar-refractivity contribution in [2.75, 3.05) is 32.8 Å². The first-order valence-corrected chi connectivity index (χ1v) is 5.51. The molecule has 1 atom stereocenters. The van der Waals surface area contributed by atoms with Crippen molar-refractivity contribution in [2.24, 2.45) is 0 Å². The van der Waals surface area contributed by atoms with Gasteiger partial charge in [0.15, 0.2) is 0 Å². The van der Waals surface area contributed by atoms with E-state index in [1.54, 1.807) is 0 Å². The van der Waals surface area contributed by atoms with E-state index < -0.39 is 6.10 Å². The van der Waals surface area contributed by atoms with Gasteiger partial charge in [-0.15, -0.1) is 0 Å². The molecule has 1 amide bonds. The lowest BCUT2D eigenvalue weighted by molar-refractivity contribution is -0.131. The van der Waals surface area contributed by atoms with E-state index in [0.29, 0.717) is 0 Å². The first-order chi connectivity index (χ1) is 7.24.